The summed E-state index contributed by atoms with van der Waals surface area (Å²) >= 11 is 0. The first-order valence-electron chi connectivity index (χ1n) is 14.3. The fourth-order valence-corrected chi connectivity index (χ4v) is 6.47. The van der Waals surface area contributed by atoms with E-state index < -0.39 is 18.3 Å². The molecule has 0 bridgehead atoms. The molecule has 1 aliphatic rings. The molecular formula is C36H31BN2O2. The maximum absolute atomic E-state index is 6.74. The van der Waals surface area contributed by atoms with Gasteiger partial charge in [-0.3, -0.25) is 0 Å². The van der Waals surface area contributed by atoms with E-state index >= 15 is 0 Å². The minimum absolute atomic E-state index is 0.450. The molecule has 0 aliphatic carbocycles. The van der Waals surface area contributed by atoms with Crippen LogP contribution in [-0.4, -0.2) is 27.5 Å². The lowest BCUT2D eigenvalue weighted by molar-refractivity contribution is 0.00578. The van der Waals surface area contributed by atoms with Gasteiger partial charge in [-0.25, -0.2) is 0 Å². The SMILES string of the molecule is CC1(C)OB(c2cc3c4ccccc4n(-c4ccccc4)c3c3c2c2ccccc2n3-c2ccccc2)OC1(C)C. The lowest BCUT2D eigenvalue weighted by atomic mass is 9.75. The van der Waals surface area contributed by atoms with Crippen LogP contribution in [-0.2, 0) is 9.31 Å². The Balaban J connectivity index is 1.64. The van der Waals surface area contributed by atoms with Crippen molar-refractivity contribution in [2.24, 2.45) is 0 Å². The van der Waals surface area contributed by atoms with Gasteiger partial charge in [-0.1, -0.05) is 78.9 Å². The molecule has 0 radical (unpaired) electrons. The van der Waals surface area contributed by atoms with Gasteiger partial charge in [0.15, 0.2) is 0 Å². The van der Waals surface area contributed by atoms with Crippen molar-refractivity contribution in [1.29, 1.82) is 0 Å². The van der Waals surface area contributed by atoms with Gasteiger partial charge in [0.25, 0.3) is 0 Å². The number of fused-ring (bicyclic) bond motifs is 7. The van der Waals surface area contributed by atoms with Gasteiger partial charge < -0.3 is 18.4 Å². The van der Waals surface area contributed by atoms with Crippen molar-refractivity contribution in [3.63, 3.8) is 0 Å². The van der Waals surface area contributed by atoms with Crippen LogP contribution in [0, 0.1) is 0 Å². The summed E-state index contributed by atoms with van der Waals surface area (Å²) in [6, 6.07) is 41.1. The number of rotatable bonds is 3. The second kappa shape index (κ2) is 8.59. The largest absolute Gasteiger partial charge is 0.495 e. The summed E-state index contributed by atoms with van der Waals surface area (Å²) in [5, 5.41) is 4.73. The van der Waals surface area contributed by atoms with Gasteiger partial charge in [0.1, 0.15) is 0 Å². The van der Waals surface area contributed by atoms with Gasteiger partial charge in [0.05, 0.1) is 33.3 Å². The molecule has 0 unspecified atom stereocenters. The zero-order valence-corrected chi connectivity index (χ0v) is 23.8. The lowest BCUT2D eigenvalue weighted by Gasteiger charge is -2.32. The average molecular weight is 534 g/mol. The van der Waals surface area contributed by atoms with Crippen LogP contribution in [0.3, 0.4) is 0 Å². The van der Waals surface area contributed by atoms with Gasteiger partial charge in [0.2, 0.25) is 0 Å². The molecule has 5 heteroatoms. The molecule has 3 heterocycles. The van der Waals surface area contributed by atoms with E-state index in [4.69, 9.17) is 9.31 Å². The van der Waals surface area contributed by atoms with Gasteiger partial charge in [-0.05, 0) is 69.6 Å². The number of hydrogen-bond acceptors (Lipinski definition) is 2. The second-order valence-corrected chi connectivity index (χ2v) is 12.1. The number of para-hydroxylation sites is 4. The smallest absolute Gasteiger partial charge is 0.399 e. The van der Waals surface area contributed by atoms with Crippen LogP contribution in [0.2, 0.25) is 0 Å². The van der Waals surface area contributed by atoms with E-state index in [1.807, 2.05) is 0 Å². The standard InChI is InChI=1S/C36H31BN2O2/c1-35(2)36(3,4)41-37(40-35)29-23-28-26-19-11-13-21-30(26)38(24-15-7-5-8-16-24)33(28)34-32(29)27-20-12-14-22-31(27)39(34)25-17-9-6-10-18-25/h5-23H,1-4H3. The molecule has 7 aromatic rings. The second-order valence-electron chi connectivity index (χ2n) is 12.1. The highest BCUT2D eigenvalue weighted by Gasteiger charge is 2.52. The molecule has 0 saturated carbocycles. The van der Waals surface area contributed by atoms with Crippen LogP contribution in [0.25, 0.3) is 55.0 Å². The number of aromatic nitrogens is 2. The molecule has 1 saturated heterocycles. The molecule has 5 aromatic carbocycles. The van der Waals surface area contributed by atoms with E-state index in [1.54, 1.807) is 0 Å². The monoisotopic (exact) mass is 534 g/mol. The van der Waals surface area contributed by atoms with E-state index in [0.717, 1.165) is 33.3 Å². The van der Waals surface area contributed by atoms with Crippen LogP contribution in [0.15, 0.2) is 115 Å². The fraction of sp³-hybridized carbons (Fsp3) is 0.167. The Hall–Kier alpha value is -4.32. The van der Waals surface area contributed by atoms with E-state index in [-0.39, 0.29) is 0 Å². The van der Waals surface area contributed by atoms with Crippen LogP contribution >= 0.6 is 0 Å². The van der Waals surface area contributed by atoms with Gasteiger partial charge >= 0.3 is 7.12 Å². The summed E-state index contributed by atoms with van der Waals surface area (Å²) in [4.78, 5) is 0. The van der Waals surface area contributed by atoms with Crippen LogP contribution in [0.5, 0.6) is 0 Å². The molecule has 41 heavy (non-hydrogen) atoms. The molecule has 2 aromatic heterocycles. The van der Waals surface area contributed by atoms with Crippen molar-refractivity contribution in [1.82, 2.24) is 9.13 Å². The van der Waals surface area contributed by atoms with Crippen molar-refractivity contribution in [3.8, 4) is 11.4 Å². The minimum atomic E-state index is -0.499. The molecule has 0 amide bonds. The first-order valence-corrected chi connectivity index (χ1v) is 14.3. The highest BCUT2D eigenvalue weighted by atomic mass is 16.7. The molecule has 200 valence electrons. The molecule has 1 fully saturated rings. The Bertz CT molecular complexity index is 2090. The highest BCUT2D eigenvalue weighted by molar-refractivity contribution is 6.67. The number of benzene rings is 5. The van der Waals surface area contributed by atoms with Crippen LogP contribution in [0.4, 0.5) is 0 Å². The third-order valence-electron chi connectivity index (χ3n) is 9.14. The lowest BCUT2D eigenvalue weighted by Crippen LogP contribution is -2.41. The fourth-order valence-electron chi connectivity index (χ4n) is 6.47. The van der Waals surface area contributed by atoms with Crippen molar-refractivity contribution in [2.75, 3.05) is 0 Å². The Labute approximate surface area is 239 Å². The van der Waals surface area contributed by atoms with E-state index in [0.29, 0.717) is 0 Å². The Kier molecular flexibility index (Phi) is 5.13. The predicted octanol–water partition coefficient (Wildman–Crippen LogP) is 8.18. The summed E-state index contributed by atoms with van der Waals surface area (Å²) in [5.74, 6) is 0. The summed E-state index contributed by atoms with van der Waals surface area (Å²) in [6.07, 6.45) is 0. The highest BCUT2D eigenvalue weighted by Crippen LogP contribution is 2.43. The zero-order chi connectivity index (χ0) is 27.9. The quantitative estimate of drug-likeness (QED) is 0.214. The zero-order valence-electron chi connectivity index (χ0n) is 23.8. The van der Waals surface area contributed by atoms with Crippen molar-refractivity contribution in [3.05, 3.63) is 115 Å². The maximum Gasteiger partial charge on any atom is 0.495 e. The summed E-state index contributed by atoms with van der Waals surface area (Å²) < 4.78 is 18.3. The molecule has 8 rings (SSSR count). The summed E-state index contributed by atoms with van der Waals surface area (Å²) in [7, 11) is -0.499. The molecule has 4 nitrogen and oxygen atoms in total. The first-order chi connectivity index (χ1) is 19.9. The Morgan fingerprint density at radius 1 is 0.512 bits per heavy atom. The number of hydrogen-bond donors (Lipinski definition) is 0. The maximum atomic E-state index is 6.74. The third kappa shape index (κ3) is 3.43. The normalized spacial score (nSPS) is 16.4. The summed E-state index contributed by atoms with van der Waals surface area (Å²) in [6.45, 7) is 8.49. The first kappa shape index (κ1) is 24.5. The van der Waals surface area contributed by atoms with Crippen LogP contribution < -0.4 is 5.46 Å². The van der Waals surface area contributed by atoms with Gasteiger partial charge in [-0.2, -0.15) is 0 Å². The third-order valence-corrected chi connectivity index (χ3v) is 9.14. The molecule has 0 spiro atoms. The number of nitrogens with zero attached hydrogens (tertiary/aromatic N) is 2. The van der Waals surface area contributed by atoms with Crippen molar-refractivity contribution < 1.29 is 9.31 Å². The molecule has 0 N–H and O–H groups in total. The molecular weight excluding hydrogens is 503 g/mol. The Morgan fingerprint density at radius 3 is 1.56 bits per heavy atom. The van der Waals surface area contributed by atoms with E-state index in [2.05, 4.69) is 152 Å². The molecule has 1 aliphatic heterocycles. The van der Waals surface area contributed by atoms with Crippen molar-refractivity contribution in [2.45, 2.75) is 38.9 Å². The predicted molar refractivity (Wildman–Crippen MR) is 171 cm³/mol. The van der Waals surface area contributed by atoms with Crippen LogP contribution in [0.1, 0.15) is 27.7 Å². The van der Waals surface area contributed by atoms with E-state index in [9.17, 15) is 0 Å². The van der Waals surface area contributed by atoms with Crippen molar-refractivity contribution >= 4 is 56.2 Å². The Morgan fingerprint density at radius 2 is 0.976 bits per heavy atom. The summed E-state index contributed by atoms with van der Waals surface area (Å²) in [5.41, 5.74) is 7.07. The molecule has 0 atom stereocenters. The van der Waals surface area contributed by atoms with E-state index in [1.165, 1.54) is 27.2 Å². The van der Waals surface area contributed by atoms with Gasteiger partial charge in [0, 0.05) is 32.9 Å². The average Bonchev–Trinajstić information content (AvgIpc) is 3.58. The minimum Gasteiger partial charge on any atom is -0.399 e. The van der Waals surface area contributed by atoms with Gasteiger partial charge in [-0.15, -0.1) is 0 Å². The topological polar surface area (TPSA) is 28.3 Å².